The lowest BCUT2D eigenvalue weighted by Crippen LogP contribution is -2.60. The molecule has 4 bridgehead atoms. The van der Waals surface area contributed by atoms with Crippen LogP contribution in [0.2, 0.25) is 5.02 Å². The number of epoxide rings is 1. The zero-order valence-corrected chi connectivity index (χ0v) is 54.1. The fraction of sp³-hybridized carbons (Fsp3) is 0.688. The Morgan fingerprint density at radius 2 is 1.69 bits per heavy atom. The molecule has 3 aliphatic heterocycles. The number of nitrogens with zero attached hydrogens (tertiary/aromatic N) is 2. The standard InChI is InChI=1S/C64H94ClN5O16S/c1-11-54(74)66-26-28-83-27-24-48(72)33-47(43(7)71)18-13-12-14-19-50(73)46-22-20-44(21-23-46)37-67-60(79)52(34-57(77)78)87-29-25-55(75)69(9)42(6)61(80)85-53-35-56(76)70(10)49-32-45(31-39(3)58(49)65)30-38(2)16-15-17-40(4)64(82)36-51(84-62(81)68-64)41(5)59-63(53,8)86-59/h15-17,31-32,40-42,44,46-47,51-53,59,82H,11-14,18-30,33-37H2,1-10H3,(H,66,74)(H,67,79)(H,68,81)(H,77,78)/b17-15+,38-16+/t40-,41-,42+,44?,46?,47?,51?,52?,53+,59+,63+,64+/m1/s1. The predicted octanol–water partition coefficient (Wildman–Crippen LogP) is 7.94. The Labute approximate surface area is 521 Å². The van der Waals surface area contributed by atoms with Gasteiger partial charge in [0, 0.05) is 95.1 Å². The number of aryl methyl sites for hydroxylation is 1. The first-order valence-electron chi connectivity index (χ1n) is 30.8. The number of nitrogens with one attached hydrogen (secondary N) is 3. The van der Waals surface area contributed by atoms with Crippen LogP contribution in [0, 0.1) is 36.5 Å². The minimum absolute atomic E-state index is 0.00415. The van der Waals surface area contributed by atoms with Gasteiger partial charge in [-0.15, -0.1) is 11.8 Å². The number of carbonyl (C=O) groups is 10. The summed E-state index contributed by atoms with van der Waals surface area (Å²) >= 11 is 7.86. The third-order valence-electron chi connectivity index (χ3n) is 17.8. The van der Waals surface area contributed by atoms with E-state index in [9.17, 15) is 58.2 Å². The number of ketones is 3. The number of carbonyl (C=O) groups excluding carboxylic acids is 9. The van der Waals surface area contributed by atoms with Crippen molar-refractivity contribution in [3.8, 4) is 0 Å². The number of carboxylic acids is 1. The average Bonchev–Trinajstić information content (AvgIpc) is 1.82. The Bertz CT molecular complexity index is 2700. The molecule has 2 saturated heterocycles. The molecule has 3 unspecified atom stereocenters. The van der Waals surface area contributed by atoms with Crippen molar-refractivity contribution >= 4 is 88.1 Å². The van der Waals surface area contributed by atoms with Gasteiger partial charge in [-0.2, -0.15) is 0 Å². The number of carboxylic acid groups (broad SMARTS) is 1. The maximum absolute atomic E-state index is 14.4. The van der Waals surface area contributed by atoms with Crippen LogP contribution in [0.3, 0.4) is 0 Å². The van der Waals surface area contributed by atoms with Gasteiger partial charge < -0.3 is 49.6 Å². The van der Waals surface area contributed by atoms with Gasteiger partial charge >= 0.3 is 18.0 Å². The number of hydrogen-bond acceptors (Lipinski definition) is 16. The Morgan fingerprint density at radius 3 is 2.37 bits per heavy atom. The Balaban J connectivity index is 1.10. The topological polar surface area (TPSA) is 294 Å². The molecule has 1 aromatic carbocycles. The minimum atomic E-state index is -1.67. The fourth-order valence-corrected chi connectivity index (χ4v) is 12.9. The Kier molecular flexibility index (Phi) is 28.0. The molecule has 484 valence electrons. The van der Waals surface area contributed by atoms with Gasteiger partial charge in [0.05, 0.1) is 48.1 Å². The fourth-order valence-electron chi connectivity index (χ4n) is 11.6. The number of aliphatic carboxylic acids is 1. The lowest BCUT2D eigenvalue weighted by atomic mass is 9.79. The number of likely N-dealkylation sites (N-methyl/N-ethyl adjacent to an activating group) is 1. The molecule has 4 aliphatic rings. The number of fused-ring (bicyclic) bond motifs is 5. The van der Waals surface area contributed by atoms with E-state index in [1.54, 1.807) is 40.8 Å². The third-order valence-corrected chi connectivity index (χ3v) is 19.5. The zero-order valence-electron chi connectivity index (χ0n) is 52.5. The molecule has 3 heterocycles. The highest BCUT2D eigenvalue weighted by Gasteiger charge is 2.64. The molecule has 0 spiro atoms. The van der Waals surface area contributed by atoms with Crippen molar-refractivity contribution in [2.75, 3.05) is 51.1 Å². The molecule has 0 radical (unpaired) electrons. The molecule has 23 heteroatoms. The second-order valence-electron chi connectivity index (χ2n) is 24.5. The van der Waals surface area contributed by atoms with Crippen LogP contribution in [0.5, 0.6) is 0 Å². The highest BCUT2D eigenvalue weighted by Crippen LogP contribution is 2.49. The van der Waals surface area contributed by atoms with Crippen molar-refractivity contribution in [1.82, 2.24) is 20.9 Å². The van der Waals surface area contributed by atoms with Gasteiger partial charge in [-0.05, 0) is 103 Å². The molecule has 1 aromatic rings. The molecular weight excluding hydrogens is 1160 g/mol. The van der Waals surface area contributed by atoms with E-state index in [2.05, 4.69) is 16.0 Å². The SMILES string of the molecule is CCC(=O)NCCOCCC(=O)CC(CCCCCC(=O)C1CCC(CNC(=O)C(CC(=O)O)SCCC(=O)N(C)[C@@H](C)C(=O)O[C@H]2CC(=O)N(C)c3cc(cc(C)c3Cl)C/C(C)=C/C=C/[C@@H](C)[C@@]3(O)CC(OC(=O)N3)[C@@H](C)[C@@H]3O[C@@]23C)CC1)C(C)=O. The van der Waals surface area contributed by atoms with Gasteiger partial charge in [0.2, 0.25) is 23.6 Å². The molecule has 1 saturated carbocycles. The lowest BCUT2D eigenvalue weighted by Gasteiger charge is -2.41. The van der Waals surface area contributed by atoms with Crippen LogP contribution in [0.25, 0.3) is 0 Å². The van der Waals surface area contributed by atoms with Crippen LogP contribution in [0.4, 0.5) is 10.5 Å². The first kappa shape index (κ1) is 72.1. The molecule has 10 atom stereocenters. The molecule has 5 rings (SSSR count). The molecule has 21 nitrogen and oxygen atoms in total. The zero-order chi connectivity index (χ0) is 64.3. The second kappa shape index (κ2) is 33.8. The number of benzene rings is 1. The number of unbranched alkanes of at least 4 members (excludes halogenated alkanes) is 2. The van der Waals surface area contributed by atoms with E-state index in [0.717, 1.165) is 41.3 Å². The number of Topliss-reactive ketones (excluding diaryl/α,β-unsaturated/α-hetero) is 3. The molecule has 3 fully saturated rings. The van der Waals surface area contributed by atoms with Crippen LogP contribution in [0.15, 0.2) is 35.9 Å². The van der Waals surface area contributed by atoms with E-state index in [1.807, 2.05) is 38.1 Å². The number of thioether (sulfide) groups is 1. The van der Waals surface area contributed by atoms with Crippen LogP contribution >= 0.6 is 23.4 Å². The smallest absolute Gasteiger partial charge is 0.409 e. The Morgan fingerprint density at radius 1 is 0.977 bits per heavy atom. The molecule has 1 aliphatic carbocycles. The van der Waals surface area contributed by atoms with Gasteiger partial charge in [0.15, 0.2) is 0 Å². The second-order valence-corrected chi connectivity index (χ2v) is 26.2. The summed E-state index contributed by atoms with van der Waals surface area (Å²) in [6.07, 6.45) is 8.14. The van der Waals surface area contributed by atoms with Gasteiger partial charge in [-0.3, -0.25) is 43.7 Å². The summed E-state index contributed by atoms with van der Waals surface area (Å²) in [7, 11) is 3.01. The number of ether oxygens (including phenoxy) is 4. The first-order chi connectivity index (χ1) is 41.1. The number of aliphatic hydroxyl groups is 1. The van der Waals surface area contributed by atoms with E-state index in [0.29, 0.717) is 88.2 Å². The summed E-state index contributed by atoms with van der Waals surface area (Å²) in [5, 5.41) is 29.1. The van der Waals surface area contributed by atoms with Gasteiger partial charge in [-0.1, -0.05) is 75.1 Å². The number of allylic oxidation sites excluding steroid dienone is 3. The van der Waals surface area contributed by atoms with Gasteiger partial charge in [-0.25, -0.2) is 9.59 Å². The van der Waals surface area contributed by atoms with Gasteiger partial charge in [0.25, 0.3) is 0 Å². The van der Waals surface area contributed by atoms with E-state index >= 15 is 0 Å². The first-order valence-corrected chi connectivity index (χ1v) is 32.2. The normalized spacial score (nSPS) is 26.9. The van der Waals surface area contributed by atoms with Gasteiger partial charge in [0.1, 0.15) is 46.9 Å². The Hall–Kier alpha value is -5.68. The number of hydrogen-bond donors (Lipinski definition) is 5. The summed E-state index contributed by atoms with van der Waals surface area (Å²) in [6.45, 7) is 15.0. The van der Waals surface area contributed by atoms with E-state index in [4.69, 9.17) is 30.5 Å². The van der Waals surface area contributed by atoms with Crippen LogP contribution in [-0.2, 0) is 68.5 Å². The van der Waals surface area contributed by atoms with E-state index < -0.39 is 94.9 Å². The van der Waals surface area contributed by atoms with Crippen molar-refractivity contribution in [3.63, 3.8) is 0 Å². The predicted molar refractivity (Wildman–Crippen MR) is 330 cm³/mol. The number of anilines is 1. The highest BCUT2D eigenvalue weighted by atomic mass is 35.5. The van der Waals surface area contributed by atoms with Crippen LogP contribution in [-0.4, -0.2) is 161 Å². The number of halogens is 1. The number of rotatable bonds is 29. The van der Waals surface area contributed by atoms with Crippen molar-refractivity contribution in [3.05, 3.63) is 52.1 Å². The monoisotopic (exact) mass is 1260 g/mol. The molecular formula is C64H94ClN5O16S. The molecule has 5 N–H and O–H groups in total. The summed E-state index contributed by atoms with van der Waals surface area (Å²) < 4.78 is 23.7. The molecule has 5 amide bonds. The maximum atomic E-state index is 14.4. The van der Waals surface area contributed by atoms with E-state index in [-0.39, 0.29) is 85.5 Å². The largest absolute Gasteiger partial charge is 0.481 e. The summed E-state index contributed by atoms with van der Waals surface area (Å²) in [5.41, 5.74) is 0.0887. The van der Waals surface area contributed by atoms with Crippen molar-refractivity contribution in [2.45, 2.75) is 205 Å². The molecule has 0 aromatic heterocycles. The third kappa shape index (κ3) is 21.5. The number of amides is 5. The number of esters is 1. The van der Waals surface area contributed by atoms with Crippen molar-refractivity contribution in [1.29, 1.82) is 0 Å². The minimum Gasteiger partial charge on any atom is -0.481 e. The summed E-state index contributed by atoms with van der Waals surface area (Å²) in [5.74, 6) is -4.82. The van der Waals surface area contributed by atoms with Crippen LogP contribution < -0.4 is 20.9 Å². The van der Waals surface area contributed by atoms with Crippen LogP contribution in [0.1, 0.15) is 162 Å². The number of alkyl carbamates (subject to hydrolysis) is 1. The van der Waals surface area contributed by atoms with Crippen molar-refractivity contribution < 1.29 is 77.1 Å². The average molecular weight is 1260 g/mol. The lowest BCUT2D eigenvalue weighted by molar-refractivity contribution is -0.162. The summed E-state index contributed by atoms with van der Waals surface area (Å²) in [4.78, 5) is 133. The maximum Gasteiger partial charge on any atom is 0.409 e. The summed E-state index contributed by atoms with van der Waals surface area (Å²) in [6, 6.07) is 2.60. The van der Waals surface area contributed by atoms with E-state index in [1.165, 1.54) is 30.7 Å². The quantitative estimate of drug-likeness (QED) is 0.0289. The van der Waals surface area contributed by atoms with Crippen molar-refractivity contribution in [2.24, 2.45) is 29.6 Å². The highest BCUT2D eigenvalue weighted by molar-refractivity contribution is 8.00. The molecule has 87 heavy (non-hydrogen) atoms.